The van der Waals surface area contributed by atoms with Gasteiger partial charge in [-0.3, -0.25) is 4.79 Å². The number of amides is 1. The summed E-state index contributed by atoms with van der Waals surface area (Å²) in [6.45, 7) is 0.707. The van der Waals surface area contributed by atoms with Gasteiger partial charge in [0.15, 0.2) is 0 Å². The fourth-order valence-electron chi connectivity index (χ4n) is 2.42. The Kier molecular flexibility index (Phi) is 3.73. The van der Waals surface area contributed by atoms with E-state index in [0.717, 1.165) is 10.8 Å². The Morgan fingerprint density at radius 3 is 2.71 bits per heavy atom. The molecular formula is C15H18N4OS. The molecule has 4 N–H and O–H groups in total. The number of carbonyl (C=O) groups is 1. The van der Waals surface area contributed by atoms with Crippen molar-refractivity contribution in [3.8, 4) is 0 Å². The van der Waals surface area contributed by atoms with Gasteiger partial charge < -0.3 is 10.7 Å². The number of benzene rings is 1. The molecule has 0 unspecified atom stereocenters. The monoisotopic (exact) mass is 302 g/mol. The molecule has 1 aliphatic rings. The molecule has 0 radical (unpaired) electrons. The number of nitrogens with two attached hydrogens (primary N) is 1. The number of fused-ring (bicyclic) bond motifs is 1. The average Bonchev–Trinajstić information content (AvgIpc) is 3.32. The van der Waals surface area contributed by atoms with Crippen LogP contribution in [0.15, 0.2) is 30.5 Å². The van der Waals surface area contributed by atoms with Gasteiger partial charge in [-0.15, -0.1) is 0 Å². The molecule has 0 bridgehead atoms. The maximum absolute atomic E-state index is 12.4. The van der Waals surface area contributed by atoms with Crippen molar-refractivity contribution in [3.05, 3.63) is 36.0 Å². The van der Waals surface area contributed by atoms with Gasteiger partial charge in [0.05, 0.1) is 5.56 Å². The zero-order chi connectivity index (χ0) is 14.9. The summed E-state index contributed by atoms with van der Waals surface area (Å²) in [5, 5.41) is 4.73. The smallest absolute Gasteiger partial charge is 0.253 e. The summed E-state index contributed by atoms with van der Waals surface area (Å²) < 4.78 is 0.248. The molecule has 1 aromatic carbocycles. The first-order valence-electron chi connectivity index (χ1n) is 6.87. The summed E-state index contributed by atoms with van der Waals surface area (Å²) in [5.74, 6) is 5.96. The minimum Gasteiger partial charge on any atom is -0.351 e. The summed E-state index contributed by atoms with van der Waals surface area (Å²) in [7, 11) is 0. The highest BCUT2D eigenvalue weighted by atomic mass is 32.2. The van der Waals surface area contributed by atoms with Gasteiger partial charge in [0, 0.05) is 22.9 Å². The second-order valence-corrected chi connectivity index (χ2v) is 6.55. The first-order chi connectivity index (χ1) is 10.2. The molecule has 1 saturated carbocycles. The molecular weight excluding hydrogens is 284 g/mol. The summed E-state index contributed by atoms with van der Waals surface area (Å²) >= 11 is 1.83. The summed E-state index contributed by atoms with van der Waals surface area (Å²) in [6.07, 6.45) is 6.01. The van der Waals surface area contributed by atoms with Crippen LogP contribution in [0, 0.1) is 0 Å². The van der Waals surface area contributed by atoms with E-state index < -0.39 is 0 Å². The number of rotatable bonds is 5. The molecule has 0 spiro atoms. The summed E-state index contributed by atoms with van der Waals surface area (Å²) in [5.41, 5.74) is 3.15. The van der Waals surface area contributed by atoms with Crippen LogP contribution in [0.1, 0.15) is 23.2 Å². The van der Waals surface area contributed by atoms with Crippen molar-refractivity contribution in [3.63, 3.8) is 0 Å². The standard InChI is InChI=1S/C15H18N4OS/c1-21-15(6-7-15)9-18-14(20)12-8-17-13(19-16)11-5-3-2-4-10(11)12/h2-5,8H,6-7,9,16H2,1H3,(H,17,19)(H,18,20). The number of nitrogens with one attached hydrogen (secondary N) is 2. The quantitative estimate of drug-likeness (QED) is 0.582. The van der Waals surface area contributed by atoms with Crippen molar-refractivity contribution in [2.45, 2.75) is 17.6 Å². The van der Waals surface area contributed by atoms with Crippen LogP contribution in [0.25, 0.3) is 10.8 Å². The van der Waals surface area contributed by atoms with Crippen LogP contribution in [0.5, 0.6) is 0 Å². The Balaban J connectivity index is 1.88. The predicted molar refractivity (Wildman–Crippen MR) is 87.4 cm³/mol. The van der Waals surface area contributed by atoms with Crippen molar-refractivity contribution >= 4 is 34.3 Å². The zero-order valence-corrected chi connectivity index (χ0v) is 12.7. The lowest BCUT2D eigenvalue weighted by molar-refractivity contribution is 0.0954. The third kappa shape index (κ3) is 2.69. The van der Waals surface area contributed by atoms with Crippen LogP contribution in [-0.4, -0.2) is 28.4 Å². The lowest BCUT2D eigenvalue weighted by Crippen LogP contribution is -2.32. The second kappa shape index (κ2) is 5.54. The van der Waals surface area contributed by atoms with Gasteiger partial charge in [0.2, 0.25) is 0 Å². The van der Waals surface area contributed by atoms with E-state index in [1.165, 1.54) is 12.8 Å². The molecule has 3 rings (SSSR count). The third-order valence-corrected chi connectivity index (χ3v) is 5.41. The van der Waals surface area contributed by atoms with Crippen LogP contribution in [0.3, 0.4) is 0 Å². The molecule has 1 amide bonds. The van der Waals surface area contributed by atoms with Crippen molar-refractivity contribution in [2.24, 2.45) is 5.84 Å². The van der Waals surface area contributed by atoms with Crippen LogP contribution in [0.4, 0.5) is 5.82 Å². The Morgan fingerprint density at radius 2 is 2.10 bits per heavy atom. The van der Waals surface area contributed by atoms with Crippen molar-refractivity contribution in [1.82, 2.24) is 10.3 Å². The fraction of sp³-hybridized carbons (Fsp3) is 0.333. The largest absolute Gasteiger partial charge is 0.351 e. The number of aromatic nitrogens is 1. The molecule has 1 aromatic heterocycles. The van der Waals surface area contributed by atoms with E-state index in [9.17, 15) is 4.79 Å². The molecule has 1 heterocycles. The maximum atomic E-state index is 12.4. The van der Waals surface area contributed by atoms with E-state index in [-0.39, 0.29) is 10.7 Å². The number of nitrogen functional groups attached to an aromatic ring is 1. The van der Waals surface area contributed by atoms with Gasteiger partial charge in [-0.25, -0.2) is 10.8 Å². The zero-order valence-electron chi connectivity index (χ0n) is 11.8. The summed E-state index contributed by atoms with van der Waals surface area (Å²) in [4.78, 5) is 16.7. The van der Waals surface area contributed by atoms with Crippen LogP contribution in [-0.2, 0) is 0 Å². The van der Waals surface area contributed by atoms with Gasteiger partial charge in [-0.1, -0.05) is 24.3 Å². The topological polar surface area (TPSA) is 80.0 Å². The van der Waals surface area contributed by atoms with Crippen molar-refractivity contribution < 1.29 is 4.79 Å². The minimum atomic E-state index is -0.0809. The highest BCUT2D eigenvalue weighted by Gasteiger charge is 2.42. The predicted octanol–water partition coefficient (Wildman–Crippen LogP) is 2.15. The number of hydrogen-bond donors (Lipinski definition) is 3. The normalized spacial score (nSPS) is 15.7. The number of nitrogens with zero attached hydrogens (tertiary/aromatic N) is 1. The number of thioether (sulfide) groups is 1. The Bertz CT molecular complexity index is 684. The molecule has 0 aliphatic heterocycles. The Labute approximate surface area is 127 Å². The first kappa shape index (κ1) is 14.2. The highest BCUT2D eigenvalue weighted by molar-refractivity contribution is 8.00. The number of pyridine rings is 1. The molecule has 1 fully saturated rings. The van der Waals surface area contributed by atoms with E-state index in [1.807, 2.05) is 36.0 Å². The van der Waals surface area contributed by atoms with E-state index in [1.54, 1.807) is 6.20 Å². The van der Waals surface area contributed by atoms with Gasteiger partial charge in [-0.2, -0.15) is 11.8 Å². The third-order valence-electron chi connectivity index (χ3n) is 3.99. The second-order valence-electron chi connectivity index (χ2n) is 5.28. The van der Waals surface area contributed by atoms with Gasteiger partial charge in [0.25, 0.3) is 5.91 Å². The molecule has 1 aliphatic carbocycles. The highest BCUT2D eigenvalue weighted by Crippen LogP contribution is 2.46. The lowest BCUT2D eigenvalue weighted by atomic mass is 10.1. The van der Waals surface area contributed by atoms with Gasteiger partial charge >= 0.3 is 0 Å². The molecule has 0 saturated heterocycles. The minimum absolute atomic E-state index is 0.0809. The SMILES string of the molecule is CSC1(CNC(=O)c2cnc(NN)c3ccccc23)CC1. The Morgan fingerprint density at radius 1 is 1.38 bits per heavy atom. The lowest BCUT2D eigenvalue weighted by Gasteiger charge is -2.14. The molecule has 6 heteroatoms. The van der Waals surface area contributed by atoms with E-state index in [2.05, 4.69) is 22.0 Å². The molecule has 21 heavy (non-hydrogen) atoms. The van der Waals surface area contributed by atoms with E-state index in [4.69, 9.17) is 5.84 Å². The number of carbonyl (C=O) groups excluding carboxylic acids is 1. The number of anilines is 1. The maximum Gasteiger partial charge on any atom is 0.253 e. The van der Waals surface area contributed by atoms with Crippen molar-refractivity contribution in [1.29, 1.82) is 0 Å². The number of hydrazine groups is 1. The van der Waals surface area contributed by atoms with Gasteiger partial charge in [0.1, 0.15) is 5.82 Å². The molecule has 2 aromatic rings. The first-order valence-corrected chi connectivity index (χ1v) is 8.09. The fourth-order valence-corrected chi connectivity index (χ4v) is 3.14. The average molecular weight is 302 g/mol. The van der Waals surface area contributed by atoms with E-state index in [0.29, 0.717) is 17.9 Å². The molecule has 0 atom stereocenters. The van der Waals surface area contributed by atoms with Crippen LogP contribution in [0.2, 0.25) is 0 Å². The Hall–Kier alpha value is -1.79. The molecule has 110 valence electrons. The van der Waals surface area contributed by atoms with Crippen LogP contribution >= 0.6 is 11.8 Å². The summed E-state index contributed by atoms with van der Waals surface area (Å²) in [6, 6.07) is 7.62. The van der Waals surface area contributed by atoms with Crippen molar-refractivity contribution in [2.75, 3.05) is 18.2 Å². The number of hydrogen-bond acceptors (Lipinski definition) is 5. The van der Waals surface area contributed by atoms with E-state index >= 15 is 0 Å². The van der Waals surface area contributed by atoms with Crippen LogP contribution < -0.4 is 16.6 Å². The molecule has 5 nitrogen and oxygen atoms in total. The van der Waals surface area contributed by atoms with Gasteiger partial charge in [-0.05, 0) is 24.5 Å².